The van der Waals surface area contributed by atoms with Crippen LogP contribution in [0.5, 0.6) is 11.5 Å². The van der Waals surface area contributed by atoms with Gasteiger partial charge in [-0.05, 0) is 24.6 Å². The molecule has 0 aliphatic carbocycles. The van der Waals surface area contributed by atoms with Gasteiger partial charge < -0.3 is 9.47 Å². The molecule has 0 amide bonds. The SMILES string of the molecule is COc1cc(Br)c(CSc2nnc(C)s2)cc1OC. The van der Waals surface area contributed by atoms with Crippen LogP contribution in [-0.4, -0.2) is 24.4 Å². The summed E-state index contributed by atoms with van der Waals surface area (Å²) in [4.78, 5) is 0. The molecule has 2 aromatic rings. The predicted octanol–water partition coefficient (Wildman–Crippen LogP) is 3.92. The highest BCUT2D eigenvalue weighted by molar-refractivity contribution is 9.10. The van der Waals surface area contributed by atoms with Crippen molar-refractivity contribution in [2.75, 3.05) is 14.2 Å². The third-order valence-electron chi connectivity index (χ3n) is 2.41. The Morgan fingerprint density at radius 3 is 2.47 bits per heavy atom. The van der Waals surface area contributed by atoms with Crippen molar-refractivity contribution in [3.8, 4) is 11.5 Å². The number of methoxy groups -OCH3 is 2. The monoisotopic (exact) mass is 360 g/mol. The Kier molecular flexibility index (Phi) is 5.06. The predicted molar refractivity (Wildman–Crippen MR) is 81.5 cm³/mol. The minimum absolute atomic E-state index is 0.717. The quantitative estimate of drug-likeness (QED) is 0.756. The van der Waals surface area contributed by atoms with Crippen LogP contribution in [0.2, 0.25) is 0 Å². The Morgan fingerprint density at radius 2 is 1.89 bits per heavy atom. The van der Waals surface area contributed by atoms with Gasteiger partial charge in [0.25, 0.3) is 0 Å². The molecular formula is C12H13BrN2O2S2. The second kappa shape index (κ2) is 6.58. The molecule has 0 saturated heterocycles. The minimum atomic E-state index is 0.717. The molecule has 0 fully saturated rings. The van der Waals surface area contributed by atoms with Gasteiger partial charge in [0.15, 0.2) is 15.8 Å². The van der Waals surface area contributed by atoms with Crippen LogP contribution >= 0.6 is 39.0 Å². The van der Waals surface area contributed by atoms with Crippen molar-refractivity contribution in [2.45, 2.75) is 17.0 Å². The molecule has 102 valence electrons. The van der Waals surface area contributed by atoms with E-state index in [0.717, 1.165) is 36.6 Å². The number of halogens is 1. The summed E-state index contributed by atoms with van der Waals surface area (Å²) in [5.41, 5.74) is 1.13. The van der Waals surface area contributed by atoms with E-state index in [1.807, 2.05) is 19.1 Å². The molecule has 1 aromatic carbocycles. The summed E-state index contributed by atoms with van der Waals surface area (Å²) in [7, 11) is 3.26. The maximum absolute atomic E-state index is 5.31. The van der Waals surface area contributed by atoms with E-state index in [0.29, 0.717) is 0 Å². The summed E-state index contributed by atoms with van der Waals surface area (Å²) in [6.45, 7) is 1.95. The van der Waals surface area contributed by atoms with Crippen molar-refractivity contribution in [1.29, 1.82) is 0 Å². The molecule has 0 saturated carbocycles. The van der Waals surface area contributed by atoms with E-state index in [1.165, 1.54) is 0 Å². The summed E-state index contributed by atoms with van der Waals surface area (Å²) in [5, 5.41) is 9.08. The molecule has 2 rings (SSSR count). The van der Waals surface area contributed by atoms with Crippen LogP contribution in [0.4, 0.5) is 0 Å². The Labute approximate surface area is 128 Å². The molecule has 0 aliphatic heterocycles. The minimum Gasteiger partial charge on any atom is -0.493 e. The van der Waals surface area contributed by atoms with Gasteiger partial charge in [0, 0.05) is 10.2 Å². The number of benzene rings is 1. The number of ether oxygens (including phenoxy) is 2. The zero-order valence-electron chi connectivity index (χ0n) is 10.8. The smallest absolute Gasteiger partial charge is 0.174 e. The van der Waals surface area contributed by atoms with E-state index in [4.69, 9.17) is 9.47 Å². The third-order valence-corrected chi connectivity index (χ3v) is 5.17. The zero-order chi connectivity index (χ0) is 13.8. The summed E-state index contributed by atoms with van der Waals surface area (Å²) >= 11 is 6.81. The molecule has 0 atom stereocenters. The first-order valence-corrected chi connectivity index (χ1v) is 8.07. The Balaban J connectivity index is 2.15. The van der Waals surface area contributed by atoms with Gasteiger partial charge in [0.1, 0.15) is 5.01 Å². The molecule has 0 radical (unpaired) electrons. The van der Waals surface area contributed by atoms with Crippen LogP contribution in [0.3, 0.4) is 0 Å². The fraction of sp³-hybridized carbons (Fsp3) is 0.333. The van der Waals surface area contributed by atoms with Crippen molar-refractivity contribution in [2.24, 2.45) is 0 Å². The number of aromatic nitrogens is 2. The summed E-state index contributed by atoms with van der Waals surface area (Å²) in [5.74, 6) is 2.25. The fourth-order valence-electron chi connectivity index (χ4n) is 1.48. The van der Waals surface area contributed by atoms with Crippen molar-refractivity contribution in [1.82, 2.24) is 10.2 Å². The van der Waals surface area contributed by atoms with Gasteiger partial charge in [-0.2, -0.15) is 0 Å². The van der Waals surface area contributed by atoms with E-state index < -0.39 is 0 Å². The molecular weight excluding hydrogens is 348 g/mol. The maximum Gasteiger partial charge on any atom is 0.174 e. The van der Waals surface area contributed by atoms with Crippen molar-refractivity contribution >= 4 is 39.0 Å². The lowest BCUT2D eigenvalue weighted by atomic mass is 10.2. The molecule has 4 nitrogen and oxygen atoms in total. The largest absolute Gasteiger partial charge is 0.493 e. The maximum atomic E-state index is 5.31. The lowest BCUT2D eigenvalue weighted by Gasteiger charge is -2.11. The molecule has 1 heterocycles. The molecule has 0 aliphatic rings. The average molecular weight is 361 g/mol. The second-order valence-corrected chi connectivity index (χ2v) is 6.93. The highest BCUT2D eigenvalue weighted by Crippen LogP contribution is 2.36. The first-order chi connectivity index (χ1) is 9.13. The summed E-state index contributed by atoms with van der Waals surface area (Å²) in [6.07, 6.45) is 0. The Bertz CT molecular complexity index is 575. The van der Waals surface area contributed by atoms with E-state index in [2.05, 4.69) is 26.1 Å². The summed E-state index contributed by atoms with van der Waals surface area (Å²) in [6, 6.07) is 3.89. The van der Waals surface area contributed by atoms with Crippen LogP contribution < -0.4 is 9.47 Å². The van der Waals surface area contributed by atoms with Gasteiger partial charge in [-0.1, -0.05) is 39.0 Å². The van der Waals surface area contributed by atoms with Crippen LogP contribution in [0.1, 0.15) is 10.6 Å². The normalized spacial score (nSPS) is 10.5. The molecule has 1 aromatic heterocycles. The molecule has 0 N–H and O–H groups in total. The number of nitrogens with zero attached hydrogens (tertiary/aromatic N) is 2. The standard InChI is InChI=1S/C12H13BrN2O2S2/c1-7-14-15-12(19-7)18-6-8-4-10(16-2)11(17-3)5-9(8)13/h4-5H,6H2,1-3H3. The Hall–Kier alpha value is -0.790. The van der Waals surface area contributed by atoms with E-state index >= 15 is 0 Å². The number of thioether (sulfide) groups is 1. The van der Waals surface area contributed by atoms with E-state index in [9.17, 15) is 0 Å². The first kappa shape index (κ1) is 14.6. The van der Waals surface area contributed by atoms with Crippen LogP contribution in [0.25, 0.3) is 0 Å². The molecule has 0 unspecified atom stereocenters. The topological polar surface area (TPSA) is 44.2 Å². The first-order valence-electron chi connectivity index (χ1n) is 5.47. The fourth-order valence-corrected chi connectivity index (χ4v) is 3.94. The van der Waals surface area contributed by atoms with Crippen LogP contribution in [0, 0.1) is 6.92 Å². The average Bonchev–Trinajstić information content (AvgIpc) is 2.82. The van der Waals surface area contributed by atoms with E-state index in [1.54, 1.807) is 37.3 Å². The van der Waals surface area contributed by atoms with Crippen LogP contribution in [0.15, 0.2) is 20.9 Å². The number of hydrogen-bond acceptors (Lipinski definition) is 6. The van der Waals surface area contributed by atoms with Gasteiger partial charge in [-0.25, -0.2) is 0 Å². The van der Waals surface area contributed by atoms with Gasteiger partial charge in [-0.3, -0.25) is 0 Å². The molecule has 0 spiro atoms. The van der Waals surface area contributed by atoms with E-state index in [-0.39, 0.29) is 0 Å². The highest BCUT2D eigenvalue weighted by Gasteiger charge is 2.11. The molecule has 7 heteroatoms. The van der Waals surface area contributed by atoms with Gasteiger partial charge in [0.2, 0.25) is 0 Å². The lowest BCUT2D eigenvalue weighted by Crippen LogP contribution is -1.93. The number of rotatable bonds is 5. The van der Waals surface area contributed by atoms with Crippen molar-refractivity contribution < 1.29 is 9.47 Å². The third kappa shape index (κ3) is 3.61. The summed E-state index contributed by atoms with van der Waals surface area (Å²) < 4.78 is 12.5. The lowest BCUT2D eigenvalue weighted by molar-refractivity contribution is 0.354. The van der Waals surface area contributed by atoms with Gasteiger partial charge >= 0.3 is 0 Å². The van der Waals surface area contributed by atoms with Crippen molar-refractivity contribution in [3.63, 3.8) is 0 Å². The number of hydrogen-bond donors (Lipinski definition) is 0. The zero-order valence-corrected chi connectivity index (χ0v) is 14.0. The van der Waals surface area contributed by atoms with Gasteiger partial charge in [0.05, 0.1) is 14.2 Å². The molecule has 0 bridgehead atoms. The van der Waals surface area contributed by atoms with Crippen LogP contribution in [-0.2, 0) is 5.75 Å². The van der Waals surface area contributed by atoms with Gasteiger partial charge in [-0.15, -0.1) is 10.2 Å². The second-order valence-electron chi connectivity index (χ2n) is 3.67. The Morgan fingerprint density at radius 1 is 1.21 bits per heavy atom. The number of aryl methyl sites for hydroxylation is 1. The van der Waals surface area contributed by atoms with Crippen molar-refractivity contribution in [3.05, 3.63) is 27.2 Å². The highest BCUT2D eigenvalue weighted by atomic mass is 79.9. The molecule has 19 heavy (non-hydrogen) atoms.